The highest BCUT2D eigenvalue weighted by molar-refractivity contribution is 5.99. The fraction of sp³-hybridized carbons (Fsp3) is 0.591. The second-order valence-corrected chi connectivity index (χ2v) is 8.28. The van der Waals surface area contributed by atoms with Gasteiger partial charge in [-0.1, -0.05) is 19.8 Å². The fourth-order valence-electron chi connectivity index (χ4n) is 4.35. The van der Waals surface area contributed by atoms with Crippen molar-refractivity contribution in [1.82, 2.24) is 5.32 Å². The lowest BCUT2D eigenvalue weighted by Crippen LogP contribution is -2.43. The third kappa shape index (κ3) is 4.52. The molecule has 0 bridgehead atoms. The van der Waals surface area contributed by atoms with E-state index in [0.29, 0.717) is 36.3 Å². The molecule has 2 amide bonds. The average Bonchev–Trinajstić information content (AvgIpc) is 3.15. The second-order valence-electron chi connectivity index (χ2n) is 8.28. The summed E-state index contributed by atoms with van der Waals surface area (Å²) in [4.78, 5) is 38.6. The van der Waals surface area contributed by atoms with Gasteiger partial charge in [0.25, 0.3) is 5.91 Å². The number of rotatable bonds is 5. The molecule has 1 N–H and O–H groups in total. The van der Waals surface area contributed by atoms with Crippen LogP contribution in [0.5, 0.6) is 11.5 Å². The molecule has 3 aliphatic rings. The van der Waals surface area contributed by atoms with E-state index < -0.39 is 11.9 Å². The molecule has 162 valence electrons. The summed E-state index contributed by atoms with van der Waals surface area (Å²) in [5.41, 5.74) is 0.656. The predicted octanol–water partition coefficient (Wildman–Crippen LogP) is 2.05. The molecule has 1 aromatic rings. The maximum Gasteiger partial charge on any atom is 0.311 e. The zero-order valence-electron chi connectivity index (χ0n) is 17.2. The van der Waals surface area contributed by atoms with Gasteiger partial charge in [0.2, 0.25) is 5.91 Å². The summed E-state index contributed by atoms with van der Waals surface area (Å²) in [6.45, 7) is 3.00. The van der Waals surface area contributed by atoms with Crippen molar-refractivity contribution < 1.29 is 28.6 Å². The minimum atomic E-state index is -0.591. The van der Waals surface area contributed by atoms with Gasteiger partial charge in [-0.3, -0.25) is 14.4 Å². The molecule has 8 heteroatoms. The van der Waals surface area contributed by atoms with Crippen molar-refractivity contribution in [3.05, 3.63) is 18.2 Å². The van der Waals surface area contributed by atoms with Gasteiger partial charge in [-0.05, 0) is 30.9 Å². The molecule has 0 spiro atoms. The molecule has 1 saturated heterocycles. The molecule has 1 saturated carbocycles. The Morgan fingerprint density at radius 1 is 1.17 bits per heavy atom. The third-order valence-corrected chi connectivity index (χ3v) is 6.10. The summed E-state index contributed by atoms with van der Waals surface area (Å²) in [5, 5.41) is 2.97. The molecule has 1 aliphatic carbocycles. The zero-order chi connectivity index (χ0) is 21.1. The molecular formula is C22H28N2O6. The highest BCUT2D eigenvalue weighted by atomic mass is 16.6. The Labute approximate surface area is 175 Å². The number of nitrogens with one attached hydrogen (secondary N) is 1. The number of nitrogens with zero attached hydrogens (tertiary/aromatic N) is 1. The van der Waals surface area contributed by atoms with Crippen LogP contribution in [0.3, 0.4) is 0 Å². The number of anilines is 1. The minimum Gasteiger partial charge on any atom is -0.486 e. The van der Waals surface area contributed by atoms with E-state index in [1.165, 1.54) is 6.42 Å². The van der Waals surface area contributed by atoms with Crippen LogP contribution in [0.2, 0.25) is 0 Å². The van der Waals surface area contributed by atoms with Gasteiger partial charge in [-0.25, -0.2) is 0 Å². The van der Waals surface area contributed by atoms with Gasteiger partial charge < -0.3 is 24.4 Å². The molecule has 4 rings (SSSR count). The van der Waals surface area contributed by atoms with Gasteiger partial charge in [-0.2, -0.15) is 0 Å². The lowest BCUT2D eigenvalue weighted by atomic mass is 9.86. The minimum absolute atomic E-state index is 0.0640. The maximum atomic E-state index is 12.5. The highest BCUT2D eigenvalue weighted by Crippen LogP contribution is 2.36. The molecule has 2 aliphatic heterocycles. The summed E-state index contributed by atoms with van der Waals surface area (Å²) in [6, 6.07) is 5.43. The molecule has 8 nitrogen and oxygen atoms in total. The summed E-state index contributed by atoms with van der Waals surface area (Å²) >= 11 is 0. The van der Waals surface area contributed by atoms with E-state index in [0.717, 1.165) is 19.3 Å². The summed E-state index contributed by atoms with van der Waals surface area (Å²) in [6.07, 6.45) is 4.43. The highest BCUT2D eigenvalue weighted by Gasteiger charge is 2.37. The number of hydrogen-bond donors (Lipinski definition) is 1. The Morgan fingerprint density at radius 3 is 2.73 bits per heavy atom. The largest absolute Gasteiger partial charge is 0.486 e. The van der Waals surface area contributed by atoms with Crippen molar-refractivity contribution in [2.45, 2.75) is 45.1 Å². The quantitative estimate of drug-likeness (QED) is 0.739. The van der Waals surface area contributed by atoms with Crippen molar-refractivity contribution in [3.63, 3.8) is 0 Å². The first-order valence-electron chi connectivity index (χ1n) is 10.7. The van der Waals surface area contributed by atoms with Gasteiger partial charge >= 0.3 is 5.97 Å². The van der Waals surface area contributed by atoms with E-state index in [9.17, 15) is 14.4 Å². The van der Waals surface area contributed by atoms with E-state index in [-0.39, 0.29) is 37.4 Å². The predicted molar refractivity (Wildman–Crippen MR) is 108 cm³/mol. The number of amides is 2. The molecule has 3 atom stereocenters. The summed E-state index contributed by atoms with van der Waals surface area (Å²) in [5.74, 6) is 0.120. The number of benzene rings is 1. The number of hydrogen-bond acceptors (Lipinski definition) is 6. The van der Waals surface area contributed by atoms with Crippen LogP contribution in [0.15, 0.2) is 18.2 Å². The zero-order valence-corrected chi connectivity index (χ0v) is 17.2. The lowest BCUT2D eigenvalue weighted by molar-refractivity contribution is -0.152. The molecule has 0 unspecified atom stereocenters. The van der Waals surface area contributed by atoms with E-state index in [1.807, 2.05) is 0 Å². The van der Waals surface area contributed by atoms with Crippen LogP contribution >= 0.6 is 0 Å². The van der Waals surface area contributed by atoms with E-state index in [1.54, 1.807) is 23.1 Å². The van der Waals surface area contributed by atoms with E-state index >= 15 is 0 Å². The summed E-state index contributed by atoms with van der Waals surface area (Å²) < 4.78 is 16.3. The number of fused-ring (bicyclic) bond motifs is 1. The molecule has 2 heterocycles. The van der Waals surface area contributed by atoms with Crippen molar-refractivity contribution >= 4 is 23.5 Å². The molecule has 30 heavy (non-hydrogen) atoms. The van der Waals surface area contributed by atoms with Crippen LogP contribution in [-0.2, 0) is 19.1 Å². The van der Waals surface area contributed by atoms with Gasteiger partial charge in [0.05, 0.1) is 5.92 Å². The van der Waals surface area contributed by atoms with Crippen molar-refractivity contribution in [2.24, 2.45) is 11.8 Å². The van der Waals surface area contributed by atoms with Crippen LogP contribution in [0.1, 0.15) is 39.0 Å². The first kappa shape index (κ1) is 20.5. The molecular weight excluding hydrogens is 388 g/mol. The fourth-order valence-corrected chi connectivity index (χ4v) is 4.35. The molecule has 1 aromatic carbocycles. The van der Waals surface area contributed by atoms with Crippen molar-refractivity contribution in [1.29, 1.82) is 0 Å². The van der Waals surface area contributed by atoms with Crippen LogP contribution < -0.4 is 19.7 Å². The number of carbonyl (C=O) groups excluding carboxylic acids is 3. The lowest BCUT2D eigenvalue weighted by Gasteiger charge is -2.29. The van der Waals surface area contributed by atoms with Crippen LogP contribution in [0.4, 0.5) is 5.69 Å². The molecule has 0 aromatic heterocycles. The third-order valence-electron chi connectivity index (χ3n) is 6.10. The van der Waals surface area contributed by atoms with Gasteiger partial charge in [0.15, 0.2) is 18.1 Å². The van der Waals surface area contributed by atoms with Gasteiger partial charge in [-0.15, -0.1) is 0 Å². The first-order valence-corrected chi connectivity index (χ1v) is 10.7. The Bertz CT molecular complexity index is 826. The van der Waals surface area contributed by atoms with Gasteiger partial charge in [0.1, 0.15) is 13.2 Å². The average molecular weight is 416 g/mol. The van der Waals surface area contributed by atoms with E-state index in [4.69, 9.17) is 14.2 Å². The smallest absolute Gasteiger partial charge is 0.311 e. The van der Waals surface area contributed by atoms with E-state index in [2.05, 4.69) is 12.2 Å². The SMILES string of the molecule is C[C@H]1CCCC[C@@H]1NC(=O)COC(=O)[C@@H]1CC(=O)N(c2ccc3c(c2)OCCO3)C1. The Morgan fingerprint density at radius 2 is 1.93 bits per heavy atom. The molecule has 2 fully saturated rings. The van der Waals surface area contributed by atoms with Crippen LogP contribution in [0.25, 0.3) is 0 Å². The monoisotopic (exact) mass is 416 g/mol. The first-order chi connectivity index (χ1) is 14.5. The normalized spacial score (nSPS) is 25.7. The molecule has 0 radical (unpaired) electrons. The Hall–Kier alpha value is -2.77. The second kappa shape index (κ2) is 8.93. The Balaban J connectivity index is 1.29. The van der Waals surface area contributed by atoms with Crippen LogP contribution in [0, 0.1) is 11.8 Å². The number of carbonyl (C=O) groups is 3. The number of esters is 1. The van der Waals surface area contributed by atoms with Crippen molar-refractivity contribution in [2.75, 3.05) is 31.3 Å². The standard InChI is InChI=1S/C22H28N2O6/c1-14-4-2-3-5-17(14)23-20(25)13-30-22(27)15-10-21(26)24(12-15)16-6-7-18-19(11-16)29-9-8-28-18/h6-7,11,14-15,17H,2-5,8-10,12-13H2,1H3,(H,23,25)/t14-,15+,17-/m0/s1. The van der Waals surface area contributed by atoms with Crippen LogP contribution in [-0.4, -0.2) is 50.2 Å². The number of ether oxygens (including phenoxy) is 3. The van der Waals surface area contributed by atoms with Crippen molar-refractivity contribution in [3.8, 4) is 11.5 Å². The Kier molecular flexibility index (Phi) is 6.11. The topological polar surface area (TPSA) is 94.2 Å². The van der Waals surface area contributed by atoms with Gasteiger partial charge in [0, 0.05) is 30.8 Å². The maximum absolute atomic E-state index is 12.5. The summed E-state index contributed by atoms with van der Waals surface area (Å²) in [7, 11) is 0.